The summed E-state index contributed by atoms with van der Waals surface area (Å²) in [5.74, 6) is 0.107. The summed E-state index contributed by atoms with van der Waals surface area (Å²) in [6, 6.07) is 14.8. The number of anilines is 1. The van der Waals surface area contributed by atoms with Gasteiger partial charge in [0.15, 0.2) is 5.78 Å². The molecule has 0 saturated carbocycles. The van der Waals surface area contributed by atoms with Crippen molar-refractivity contribution in [3.63, 3.8) is 0 Å². The Kier molecular flexibility index (Phi) is 5.17. The van der Waals surface area contributed by atoms with Gasteiger partial charge in [0.05, 0.1) is 0 Å². The normalized spacial score (nSPS) is 17.2. The van der Waals surface area contributed by atoms with Crippen LogP contribution >= 0.6 is 0 Å². The molecule has 1 N–H and O–H groups in total. The highest BCUT2D eigenvalue weighted by molar-refractivity contribution is 5.92. The van der Waals surface area contributed by atoms with Gasteiger partial charge >= 0.3 is 0 Å². The van der Waals surface area contributed by atoms with Gasteiger partial charge < -0.3 is 10.2 Å². The molecule has 0 radical (unpaired) electrons. The maximum atomic E-state index is 13.0. The maximum Gasteiger partial charge on any atom is 0.158 e. The van der Waals surface area contributed by atoms with E-state index in [1.807, 2.05) is 14.1 Å². The predicted octanol–water partition coefficient (Wildman–Crippen LogP) is 4.01. The van der Waals surface area contributed by atoms with E-state index in [0.717, 1.165) is 23.4 Å². The average molecular weight is 338 g/mol. The lowest BCUT2D eigenvalue weighted by Gasteiger charge is -2.24. The molecule has 130 valence electrons. The number of benzene rings is 2. The molecule has 3 rings (SSSR count). The van der Waals surface area contributed by atoms with E-state index >= 15 is 0 Å². The number of allylic oxidation sites excluding steroid dienone is 2. The quantitative estimate of drug-likeness (QED) is 0.894. The summed E-state index contributed by atoms with van der Waals surface area (Å²) in [6.07, 6.45) is 3.06. The molecule has 1 aliphatic carbocycles. The van der Waals surface area contributed by atoms with Gasteiger partial charge in [-0.2, -0.15) is 0 Å². The Balaban J connectivity index is 1.66. The lowest BCUT2D eigenvalue weighted by atomic mass is 9.85. The molecule has 2 aromatic carbocycles. The van der Waals surface area contributed by atoms with E-state index in [9.17, 15) is 9.18 Å². The average Bonchev–Trinajstić information content (AvgIpc) is 2.61. The van der Waals surface area contributed by atoms with E-state index in [1.54, 1.807) is 18.2 Å². The van der Waals surface area contributed by atoms with Gasteiger partial charge in [0.25, 0.3) is 0 Å². The number of carbonyl (C=O) groups is 1. The van der Waals surface area contributed by atoms with Crippen LogP contribution in [-0.4, -0.2) is 19.9 Å². The molecule has 0 heterocycles. The lowest BCUT2D eigenvalue weighted by molar-refractivity contribution is -0.115. The Bertz CT molecular complexity index is 763. The van der Waals surface area contributed by atoms with Gasteiger partial charge in [-0.15, -0.1) is 0 Å². The molecule has 0 spiro atoms. The molecule has 1 atom stereocenters. The van der Waals surface area contributed by atoms with Crippen molar-refractivity contribution in [2.45, 2.75) is 25.3 Å². The second-order valence-electron chi connectivity index (χ2n) is 6.71. The van der Waals surface area contributed by atoms with Gasteiger partial charge in [-0.05, 0) is 47.7 Å². The number of hydrogen-bond donors (Lipinski definition) is 1. The fourth-order valence-corrected chi connectivity index (χ4v) is 3.11. The fourth-order valence-electron chi connectivity index (χ4n) is 3.11. The number of hydrogen-bond acceptors (Lipinski definition) is 3. The van der Waals surface area contributed by atoms with Crippen molar-refractivity contribution >= 4 is 11.5 Å². The molecule has 3 nitrogen and oxygen atoms in total. The molecule has 0 bridgehead atoms. The smallest absolute Gasteiger partial charge is 0.158 e. The third kappa shape index (κ3) is 4.47. The summed E-state index contributed by atoms with van der Waals surface area (Å²) >= 11 is 0. The Morgan fingerprint density at radius 3 is 2.36 bits per heavy atom. The van der Waals surface area contributed by atoms with Crippen LogP contribution in [0, 0.1) is 5.82 Å². The maximum absolute atomic E-state index is 13.0. The molecule has 0 amide bonds. The number of halogens is 1. The van der Waals surface area contributed by atoms with Crippen LogP contribution in [0.5, 0.6) is 0 Å². The van der Waals surface area contributed by atoms with Crippen LogP contribution in [0.15, 0.2) is 60.3 Å². The Morgan fingerprint density at radius 1 is 1.04 bits per heavy atom. The zero-order chi connectivity index (χ0) is 17.8. The van der Waals surface area contributed by atoms with E-state index in [4.69, 9.17) is 0 Å². The first-order valence-corrected chi connectivity index (χ1v) is 8.50. The van der Waals surface area contributed by atoms with Gasteiger partial charge in [0.2, 0.25) is 0 Å². The number of nitrogens with zero attached hydrogens (tertiary/aromatic N) is 1. The predicted molar refractivity (Wildman–Crippen MR) is 99.1 cm³/mol. The third-order valence-corrected chi connectivity index (χ3v) is 4.56. The minimum atomic E-state index is -0.239. The molecule has 2 aromatic rings. The fraction of sp³-hybridized carbons (Fsp3) is 0.286. The van der Waals surface area contributed by atoms with Crippen LogP contribution in [0.1, 0.15) is 29.9 Å². The van der Waals surface area contributed by atoms with E-state index in [-0.39, 0.29) is 17.5 Å². The van der Waals surface area contributed by atoms with Crippen LogP contribution in [0.2, 0.25) is 0 Å². The summed E-state index contributed by atoms with van der Waals surface area (Å²) in [4.78, 5) is 14.2. The Labute approximate surface area is 148 Å². The second kappa shape index (κ2) is 7.51. The molecule has 0 unspecified atom stereocenters. The number of ketones is 1. The number of nitrogens with one attached hydrogen (secondary N) is 1. The van der Waals surface area contributed by atoms with Crippen molar-refractivity contribution in [2.75, 3.05) is 19.0 Å². The summed E-state index contributed by atoms with van der Waals surface area (Å²) in [5, 5.41) is 3.33. The summed E-state index contributed by atoms with van der Waals surface area (Å²) in [5.41, 5.74) is 4.28. The monoisotopic (exact) mass is 338 g/mol. The Morgan fingerprint density at radius 2 is 1.72 bits per heavy atom. The van der Waals surface area contributed by atoms with Crippen molar-refractivity contribution in [1.29, 1.82) is 0 Å². The third-order valence-electron chi connectivity index (χ3n) is 4.56. The standard InChI is InChI=1S/C21H23FN2O/c1-24(2)20-9-5-16(6-10-20)17-11-19(13-21(25)12-17)23-14-15-3-7-18(22)8-4-15/h3-10,13,17,23H,11-12,14H2,1-2H3/t17-/m0/s1. The minimum Gasteiger partial charge on any atom is -0.384 e. The summed E-state index contributed by atoms with van der Waals surface area (Å²) < 4.78 is 13.0. The lowest BCUT2D eigenvalue weighted by Crippen LogP contribution is -2.22. The molecule has 1 aliphatic rings. The second-order valence-corrected chi connectivity index (χ2v) is 6.71. The van der Waals surface area contributed by atoms with Crippen molar-refractivity contribution in [3.05, 3.63) is 77.2 Å². The van der Waals surface area contributed by atoms with Gasteiger partial charge in [-0.3, -0.25) is 4.79 Å². The van der Waals surface area contributed by atoms with Crippen molar-refractivity contribution in [3.8, 4) is 0 Å². The van der Waals surface area contributed by atoms with E-state index in [2.05, 4.69) is 34.5 Å². The van der Waals surface area contributed by atoms with Gasteiger partial charge in [-0.1, -0.05) is 24.3 Å². The van der Waals surface area contributed by atoms with Gasteiger partial charge in [0, 0.05) is 44.5 Å². The van der Waals surface area contributed by atoms with E-state index in [0.29, 0.717) is 13.0 Å². The molecule has 0 saturated heterocycles. The summed E-state index contributed by atoms with van der Waals surface area (Å²) in [6.45, 7) is 0.589. The first kappa shape index (κ1) is 17.2. The SMILES string of the molecule is CN(C)c1ccc([C@@H]2CC(=O)C=C(NCc3ccc(F)cc3)C2)cc1. The highest BCUT2D eigenvalue weighted by Gasteiger charge is 2.22. The largest absolute Gasteiger partial charge is 0.384 e. The Hall–Kier alpha value is -2.62. The first-order valence-electron chi connectivity index (χ1n) is 8.50. The van der Waals surface area contributed by atoms with Crippen molar-refractivity contribution in [1.82, 2.24) is 5.32 Å². The molecule has 0 aliphatic heterocycles. The summed E-state index contributed by atoms with van der Waals surface area (Å²) in [7, 11) is 4.03. The molecular formula is C21H23FN2O. The van der Waals surface area contributed by atoms with E-state index in [1.165, 1.54) is 17.7 Å². The van der Waals surface area contributed by atoms with Crippen LogP contribution in [0.25, 0.3) is 0 Å². The molecule has 25 heavy (non-hydrogen) atoms. The first-order chi connectivity index (χ1) is 12.0. The highest BCUT2D eigenvalue weighted by atomic mass is 19.1. The molecular weight excluding hydrogens is 315 g/mol. The van der Waals surface area contributed by atoms with Crippen LogP contribution < -0.4 is 10.2 Å². The number of rotatable bonds is 5. The van der Waals surface area contributed by atoms with Crippen LogP contribution in [0.3, 0.4) is 0 Å². The molecule has 0 aromatic heterocycles. The van der Waals surface area contributed by atoms with E-state index < -0.39 is 0 Å². The number of carbonyl (C=O) groups excluding carboxylic acids is 1. The zero-order valence-electron chi connectivity index (χ0n) is 14.6. The van der Waals surface area contributed by atoms with Gasteiger partial charge in [-0.25, -0.2) is 4.39 Å². The molecule has 0 fully saturated rings. The molecule has 4 heteroatoms. The van der Waals surface area contributed by atoms with Crippen molar-refractivity contribution < 1.29 is 9.18 Å². The zero-order valence-corrected chi connectivity index (χ0v) is 14.6. The van der Waals surface area contributed by atoms with Crippen molar-refractivity contribution in [2.24, 2.45) is 0 Å². The van der Waals surface area contributed by atoms with Crippen LogP contribution in [0.4, 0.5) is 10.1 Å². The highest BCUT2D eigenvalue weighted by Crippen LogP contribution is 2.31. The van der Waals surface area contributed by atoms with Gasteiger partial charge in [0.1, 0.15) is 5.82 Å². The topological polar surface area (TPSA) is 32.3 Å². The minimum absolute atomic E-state index is 0.148. The van der Waals surface area contributed by atoms with Crippen LogP contribution in [-0.2, 0) is 11.3 Å².